The molecule has 6 heteroatoms. The summed E-state index contributed by atoms with van der Waals surface area (Å²) in [4.78, 5) is 0. The monoisotopic (exact) mass is 237 g/mol. The fraction of sp³-hybridized carbons (Fsp3) is 1.00. The molecule has 0 bridgehead atoms. The Morgan fingerprint density at radius 2 is 1.80 bits per heavy atom. The molecule has 0 radical (unpaired) electrons. The zero-order chi connectivity index (χ0) is 12.1. The SMILES string of the molecule is CCN[C@H](C)CNS(=O)(=O)N(C)C(C)C. The van der Waals surface area contributed by atoms with Crippen LogP contribution in [0.15, 0.2) is 0 Å². The Hall–Kier alpha value is -0.170. The van der Waals surface area contributed by atoms with Crippen LogP contribution in [0.25, 0.3) is 0 Å². The minimum Gasteiger partial charge on any atom is -0.313 e. The Morgan fingerprint density at radius 3 is 2.20 bits per heavy atom. The maximum atomic E-state index is 11.7. The second-order valence-corrected chi connectivity index (χ2v) is 5.74. The molecule has 0 fully saturated rings. The quantitative estimate of drug-likeness (QED) is 0.663. The van der Waals surface area contributed by atoms with Crippen LogP contribution in [-0.2, 0) is 10.2 Å². The van der Waals surface area contributed by atoms with Gasteiger partial charge in [0.15, 0.2) is 0 Å². The summed E-state index contributed by atoms with van der Waals surface area (Å²) in [5.41, 5.74) is 0. The molecule has 0 saturated heterocycles. The van der Waals surface area contributed by atoms with Crippen molar-refractivity contribution in [3.63, 3.8) is 0 Å². The Bertz CT molecular complexity index is 265. The van der Waals surface area contributed by atoms with E-state index in [1.165, 1.54) is 4.31 Å². The van der Waals surface area contributed by atoms with Crippen LogP contribution in [0.2, 0.25) is 0 Å². The molecule has 2 N–H and O–H groups in total. The molecule has 0 rings (SSSR count). The first-order valence-corrected chi connectivity index (χ1v) is 6.71. The van der Waals surface area contributed by atoms with Crippen molar-refractivity contribution in [2.24, 2.45) is 0 Å². The minimum atomic E-state index is -3.33. The summed E-state index contributed by atoms with van der Waals surface area (Å²) in [6, 6.07) is 0.113. The molecule has 0 aromatic rings. The molecule has 0 amide bonds. The molecule has 0 aliphatic heterocycles. The van der Waals surface area contributed by atoms with E-state index in [1.54, 1.807) is 7.05 Å². The van der Waals surface area contributed by atoms with E-state index in [9.17, 15) is 8.42 Å². The lowest BCUT2D eigenvalue weighted by Crippen LogP contribution is -2.46. The predicted molar refractivity (Wildman–Crippen MR) is 63.0 cm³/mol. The van der Waals surface area contributed by atoms with E-state index in [4.69, 9.17) is 0 Å². The molecule has 0 unspecified atom stereocenters. The van der Waals surface area contributed by atoms with E-state index in [0.717, 1.165) is 6.54 Å². The van der Waals surface area contributed by atoms with Gasteiger partial charge in [-0.2, -0.15) is 12.7 Å². The van der Waals surface area contributed by atoms with E-state index < -0.39 is 10.2 Å². The van der Waals surface area contributed by atoms with Crippen molar-refractivity contribution in [2.75, 3.05) is 20.1 Å². The molecule has 5 nitrogen and oxygen atoms in total. The molecule has 92 valence electrons. The van der Waals surface area contributed by atoms with Crippen LogP contribution in [0.1, 0.15) is 27.7 Å². The van der Waals surface area contributed by atoms with Crippen LogP contribution in [0.4, 0.5) is 0 Å². The molecule has 0 heterocycles. The third-order valence-electron chi connectivity index (χ3n) is 2.23. The van der Waals surface area contributed by atoms with Gasteiger partial charge >= 0.3 is 0 Å². The summed E-state index contributed by atoms with van der Waals surface area (Å²) < 4.78 is 27.2. The number of nitrogens with zero attached hydrogens (tertiary/aromatic N) is 1. The van der Waals surface area contributed by atoms with E-state index in [0.29, 0.717) is 6.54 Å². The smallest absolute Gasteiger partial charge is 0.279 e. The van der Waals surface area contributed by atoms with Crippen molar-refractivity contribution in [2.45, 2.75) is 39.8 Å². The third kappa shape index (κ3) is 5.46. The summed E-state index contributed by atoms with van der Waals surface area (Å²) in [6.45, 7) is 8.86. The van der Waals surface area contributed by atoms with E-state index in [2.05, 4.69) is 10.0 Å². The summed E-state index contributed by atoms with van der Waals surface area (Å²) in [5.74, 6) is 0. The van der Waals surface area contributed by atoms with Gasteiger partial charge in [0.2, 0.25) is 0 Å². The second-order valence-electron chi connectivity index (χ2n) is 3.92. The van der Waals surface area contributed by atoms with Gasteiger partial charge in [-0.15, -0.1) is 0 Å². The largest absolute Gasteiger partial charge is 0.313 e. The highest BCUT2D eigenvalue weighted by Crippen LogP contribution is 2.00. The maximum absolute atomic E-state index is 11.7. The number of nitrogens with one attached hydrogen (secondary N) is 2. The Morgan fingerprint density at radius 1 is 1.27 bits per heavy atom. The van der Waals surface area contributed by atoms with Gasteiger partial charge in [0.05, 0.1) is 0 Å². The number of hydrogen-bond donors (Lipinski definition) is 2. The van der Waals surface area contributed by atoms with Crippen LogP contribution in [0.5, 0.6) is 0 Å². The van der Waals surface area contributed by atoms with Gasteiger partial charge in [-0.05, 0) is 27.3 Å². The lowest BCUT2D eigenvalue weighted by molar-refractivity contribution is 0.399. The highest BCUT2D eigenvalue weighted by molar-refractivity contribution is 7.87. The molecular formula is C9H23N3O2S. The fourth-order valence-electron chi connectivity index (χ4n) is 1.03. The molecule has 0 spiro atoms. The first-order valence-electron chi connectivity index (χ1n) is 5.27. The van der Waals surface area contributed by atoms with Crippen LogP contribution in [0.3, 0.4) is 0 Å². The molecular weight excluding hydrogens is 214 g/mol. The van der Waals surface area contributed by atoms with Crippen LogP contribution < -0.4 is 10.0 Å². The van der Waals surface area contributed by atoms with Crippen molar-refractivity contribution in [3.05, 3.63) is 0 Å². The average molecular weight is 237 g/mol. The second kappa shape index (κ2) is 6.42. The lowest BCUT2D eigenvalue weighted by atomic mass is 10.3. The van der Waals surface area contributed by atoms with E-state index in [1.807, 2.05) is 27.7 Å². The maximum Gasteiger partial charge on any atom is 0.279 e. The predicted octanol–water partition coefficient (Wildman–Crippen LogP) is 0.159. The van der Waals surface area contributed by atoms with Crippen LogP contribution in [-0.4, -0.2) is 44.9 Å². The zero-order valence-electron chi connectivity index (χ0n) is 10.2. The summed E-state index contributed by atoms with van der Waals surface area (Å²) >= 11 is 0. The third-order valence-corrected chi connectivity index (χ3v) is 3.94. The van der Waals surface area contributed by atoms with Gasteiger partial charge in [0.25, 0.3) is 10.2 Å². The number of likely N-dealkylation sites (N-methyl/N-ethyl adjacent to an activating group) is 1. The molecule has 1 atom stereocenters. The first kappa shape index (κ1) is 14.8. The minimum absolute atomic E-state index is 0.0306. The standard InChI is InChI=1S/C9H23N3O2S/c1-6-10-9(4)7-11-15(13,14)12(5)8(2)3/h8-11H,6-7H2,1-5H3/t9-/m1/s1. The van der Waals surface area contributed by atoms with Gasteiger partial charge in [-0.3, -0.25) is 0 Å². The van der Waals surface area contributed by atoms with Gasteiger partial charge in [-0.25, -0.2) is 4.72 Å². The zero-order valence-corrected chi connectivity index (χ0v) is 11.1. The Labute approximate surface area is 93.4 Å². The van der Waals surface area contributed by atoms with Gasteiger partial charge in [-0.1, -0.05) is 6.92 Å². The van der Waals surface area contributed by atoms with Crippen LogP contribution >= 0.6 is 0 Å². The Balaban J connectivity index is 4.16. The fourth-order valence-corrected chi connectivity index (χ4v) is 2.25. The van der Waals surface area contributed by atoms with Crippen LogP contribution in [0, 0.1) is 0 Å². The lowest BCUT2D eigenvalue weighted by Gasteiger charge is -2.22. The van der Waals surface area contributed by atoms with Gasteiger partial charge < -0.3 is 5.32 Å². The molecule has 0 saturated carbocycles. The summed E-state index contributed by atoms with van der Waals surface area (Å²) in [5, 5.41) is 3.14. The summed E-state index contributed by atoms with van der Waals surface area (Å²) in [7, 11) is -1.76. The topological polar surface area (TPSA) is 61.4 Å². The van der Waals surface area contributed by atoms with Crippen molar-refractivity contribution in [1.82, 2.24) is 14.3 Å². The van der Waals surface area contributed by atoms with E-state index in [-0.39, 0.29) is 12.1 Å². The Kier molecular flexibility index (Phi) is 6.35. The number of rotatable bonds is 7. The molecule has 15 heavy (non-hydrogen) atoms. The first-order chi connectivity index (χ1) is 6.81. The van der Waals surface area contributed by atoms with Crippen molar-refractivity contribution < 1.29 is 8.42 Å². The highest BCUT2D eigenvalue weighted by Gasteiger charge is 2.20. The molecule has 0 aromatic carbocycles. The van der Waals surface area contributed by atoms with Crippen molar-refractivity contribution in [3.8, 4) is 0 Å². The van der Waals surface area contributed by atoms with Crippen molar-refractivity contribution >= 4 is 10.2 Å². The number of hydrogen-bond acceptors (Lipinski definition) is 3. The molecule has 0 aliphatic rings. The van der Waals surface area contributed by atoms with Crippen molar-refractivity contribution in [1.29, 1.82) is 0 Å². The van der Waals surface area contributed by atoms with Gasteiger partial charge in [0.1, 0.15) is 0 Å². The average Bonchev–Trinajstić information content (AvgIpc) is 2.14. The summed E-state index contributed by atoms with van der Waals surface area (Å²) in [6.07, 6.45) is 0. The molecule has 0 aliphatic carbocycles. The van der Waals surface area contributed by atoms with E-state index >= 15 is 0 Å². The molecule has 0 aromatic heterocycles. The van der Waals surface area contributed by atoms with Gasteiger partial charge in [0, 0.05) is 25.7 Å². The highest BCUT2D eigenvalue weighted by atomic mass is 32.2. The normalized spacial score (nSPS) is 14.9.